The number of halogens is 1. The monoisotopic (exact) mass is 289 g/mol. The number of amides is 1. The first-order valence-electron chi connectivity index (χ1n) is 6.29. The van der Waals surface area contributed by atoms with E-state index in [4.69, 9.17) is 11.6 Å². The number of benzene rings is 1. The molecule has 2 heterocycles. The molecular weight excluding hydrogens is 278 g/mol. The summed E-state index contributed by atoms with van der Waals surface area (Å²) in [7, 11) is 0. The highest BCUT2D eigenvalue weighted by Crippen LogP contribution is 2.28. The highest BCUT2D eigenvalue weighted by molar-refractivity contribution is 6.30. The second-order valence-corrected chi connectivity index (χ2v) is 5.04. The lowest BCUT2D eigenvalue weighted by atomic mass is 9.96. The maximum atomic E-state index is 12.5. The van der Waals surface area contributed by atoms with Gasteiger partial charge in [0, 0.05) is 11.1 Å². The van der Waals surface area contributed by atoms with Gasteiger partial charge in [0.25, 0.3) is 5.91 Å². The van der Waals surface area contributed by atoms with Gasteiger partial charge >= 0.3 is 0 Å². The van der Waals surface area contributed by atoms with Crippen molar-refractivity contribution in [1.29, 1.82) is 0 Å². The third kappa shape index (κ3) is 2.00. The maximum Gasteiger partial charge on any atom is 0.265 e. The standard InChI is InChI=1S/C14H12ClN3O2/c1-2-10-7-11-16-13(19)12(14(20)18(11)17-10)8-4-3-5-9(15)6-8/h3-7,12H,2H2,1H3,(H,16,19). The van der Waals surface area contributed by atoms with Crippen molar-refractivity contribution in [3.05, 3.63) is 46.6 Å². The Kier molecular flexibility index (Phi) is 3.06. The lowest BCUT2D eigenvalue weighted by Crippen LogP contribution is -2.38. The van der Waals surface area contributed by atoms with Crippen molar-refractivity contribution in [2.24, 2.45) is 0 Å². The summed E-state index contributed by atoms with van der Waals surface area (Å²) in [6.07, 6.45) is 0.699. The molecule has 1 aliphatic heterocycles. The molecule has 0 aliphatic carbocycles. The summed E-state index contributed by atoms with van der Waals surface area (Å²) >= 11 is 5.92. The Labute approximate surface area is 120 Å². The van der Waals surface area contributed by atoms with Crippen LogP contribution < -0.4 is 5.32 Å². The van der Waals surface area contributed by atoms with Crippen molar-refractivity contribution in [3.63, 3.8) is 0 Å². The number of nitrogens with zero attached hydrogens (tertiary/aromatic N) is 2. The topological polar surface area (TPSA) is 64.0 Å². The molecule has 1 aromatic heterocycles. The Morgan fingerprint density at radius 2 is 2.15 bits per heavy atom. The smallest absolute Gasteiger partial charge is 0.265 e. The van der Waals surface area contributed by atoms with Gasteiger partial charge in [0.2, 0.25) is 5.91 Å². The molecule has 102 valence electrons. The van der Waals surface area contributed by atoms with Crippen LogP contribution in [-0.2, 0) is 11.2 Å². The molecule has 20 heavy (non-hydrogen) atoms. The highest BCUT2D eigenvalue weighted by atomic mass is 35.5. The van der Waals surface area contributed by atoms with Crippen molar-refractivity contribution in [1.82, 2.24) is 9.78 Å². The van der Waals surface area contributed by atoms with E-state index in [1.165, 1.54) is 4.68 Å². The van der Waals surface area contributed by atoms with Crippen LogP contribution >= 0.6 is 11.6 Å². The van der Waals surface area contributed by atoms with Gasteiger partial charge in [-0.3, -0.25) is 9.59 Å². The first kappa shape index (κ1) is 12.9. The van der Waals surface area contributed by atoms with E-state index in [-0.39, 0.29) is 11.8 Å². The number of hydrogen-bond donors (Lipinski definition) is 1. The Morgan fingerprint density at radius 1 is 1.35 bits per heavy atom. The molecule has 0 saturated heterocycles. The van der Waals surface area contributed by atoms with Crippen molar-refractivity contribution < 1.29 is 9.59 Å². The molecule has 1 aliphatic rings. The number of rotatable bonds is 2. The fourth-order valence-electron chi connectivity index (χ4n) is 2.27. The Morgan fingerprint density at radius 3 is 2.85 bits per heavy atom. The summed E-state index contributed by atoms with van der Waals surface area (Å²) in [4.78, 5) is 24.6. The van der Waals surface area contributed by atoms with Crippen molar-refractivity contribution in [3.8, 4) is 0 Å². The number of fused-ring (bicyclic) bond motifs is 1. The molecule has 0 radical (unpaired) electrons. The van der Waals surface area contributed by atoms with Gasteiger partial charge in [0.1, 0.15) is 11.7 Å². The van der Waals surface area contributed by atoms with Crippen molar-refractivity contribution >= 4 is 29.2 Å². The maximum absolute atomic E-state index is 12.5. The van der Waals surface area contributed by atoms with Gasteiger partial charge in [-0.05, 0) is 24.1 Å². The van der Waals surface area contributed by atoms with Gasteiger partial charge in [-0.2, -0.15) is 9.78 Å². The van der Waals surface area contributed by atoms with Crippen LogP contribution in [0.5, 0.6) is 0 Å². The molecule has 2 aromatic rings. The van der Waals surface area contributed by atoms with Crippen LogP contribution in [0.1, 0.15) is 28.9 Å². The van der Waals surface area contributed by atoms with Gasteiger partial charge < -0.3 is 5.32 Å². The van der Waals surface area contributed by atoms with Gasteiger partial charge in [-0.1, -0.05) is 30.7 Å². The number of aromatic nitrogens is 2. The normalized spacial score (nSPS) is 17.8. The zero-order valence-electron chi connectivity index (χ0n) is 10.8. The minimum atomic E-state index is -0.911. The molecule has 0 spiro atoms. The van der Waals surface area contributed by atoms with E-state index in [1.807, 2.05) is 6.92 Å². The van der Waals surface area contributed by atoms with Crippen LogP contribution in [0.15, 0.2) is 30.3 Å². The summed E-state index contributed by atoms with van der Waals surface area (Å²) in [6.45, 7) is 1.94. The van der Waals surface area contributed by atoms with Crippen LogP contribution in [0.3, 0.4) is 0 Å². The molecule has 1 aromatic carbocycles. The Hall–Kier alpha value is -2.14. The van der Waals surface area contributed by atoms with Gasteiger partial charge in [-0.25, -0.2) is 0 Å². The van der Waals surface area contributed by atoms with Crippen LogP contribution in [0, 0.1) is 0 Å². The van der Waals surface area contributed by atoms with Crippen LogP contribution in [0.25, 0.3) is 0 Å². The average Bonchev–Trinajstić information content (AvgIpc) is 2.82. The lowest BCUT2D eigenvalue weighted by Gasteiger charge is -2.22. The predicted molar refractivity (Wildman–Crippen MR) is 75.1 cm³/mol. The fourth-order valence-corrected chi connectivity index (χ4v) is 2.47. The molecule has 1 amide bonds. The Balaban J connectivity index is 2.06. The van der Waals surface area contributed by atoms with Crippen molar-refractivity contribution in [2.75, 3.05) is 5.32 Å². The number of carbonyl (C=O) groups excluding carboxylic acids is 2. The van der Waals surface area contributed by atoms with Gasteiger partial charge in [0.15, 0.2) is 0 Å². The number of anilines is 1. The second-order valence-electron chi connectivity index (χ2n) is 4.60. The van der Waals surface area contributed by atoms with E-state index in [2.05, 4.69) is 10.4 Å². The molecule has 0 bridgehead atoms. The molecule has 1 N–H and O–H groups in total. The molecule has 1 atom stereocenters. The molecule has 3 rings (SSSR count). The number of carbonyl (C=O) groups is 2. The van der Waals surface area contributed by atoms with E-state index in [0.717, 1.165) is 5.69 Å². The van der Waals surface area contributed by atoms with Gasteiger partial charge in [-0.15, -0.1) is 0 Å². The zero-order valence-corrected chi connectivity index (χ0v) is 11.5. The summed E-state index contributed by atoms with van der Waals surface area (Å²) < 4.78 is 1.26. The van der Waals surface area contributed by atoms with Crippen molar-refractivity contribution in [2.45, 2.75) is 19.3 Å². The van der Waals surface area contributed by atoms with E-state index in [0.29, 0.717) is 22.8 Å². The molecule has 0 fully saturated rings. The Bertz CT molecular complexity index is 708. The first-order chi connectivity index (χ1) is 9.60. The summed E-state index contributed by atoms with van der Waals surface area (Å²) in [5.74, 6) is -1.20. The van der Waals surface area contributed by atoms with E-state index in [1.54, 1.807) is 30.3 Å². The SMILES string of the molecule is CCc1cc2n(n1)C(=O)C(c1cccc(Cl)c1)C(=O)N2. The number of hydrogen-bond acceptors (Lipinski definition) is 3. The van der Waals surface area contributed by atoms with E-state index >= 15 is 0 Å². The van der Waals surface area contributed by atoms with Gasteiger partial charge in [0.05, 0.1) is 5.69 Å². The zero-order chi connectivity index (χ0) is 14.3. The molecular formula is C14H12ClN3O2. The van der Waals surface area contributed by atoms with E-state index in [9.17, 15) is 9.59 Å². The molecule has 6 heteroatoms. The minimum Gasteiger partial charge on any atom is -0.309 e. The van der Waals surface area contributed by atoms with E-state index < -0.39 is 5.92 Å². The molecule has 0 saturated carbocycles. The number of nitrogens with one attached hydrogen (secondary N) is 1. The summed E-state index contributed by atoms with van der Waals surface area (Å²) in [5.41, 5.74) is 1.33. The average molecular weight is 290 g/mol. The minimum absolute atomic E-state index is 0.354. The summed E-state index contributed by atoms with van der Waals surface area (Å²) in [6, 6.07) is 8.46. The lowest BCUT2D eigenvalue weighted by molar-refractivity contribution is -0.117. The third-order valence-corrected chi connectivity index (χ3v) is 3.51. The fraction of sp³-hybridized carbons (Fsp3) is 0.214. The second kappa shape index (κ2) is 4.76. The van der Waals surface area contributed by atoms with Crippen LogP contribution in [0.4, 0.5) is 5.82 Å². The third-order valence-electron chi connectivity index (χ3n) is 3.27. The first-order valence-corrected chi connectivity index (χ1v) is 6.67. The quantitative estimate of drug-likeness (QED) is 0.864. The molecule has 5 nitrogen and oxygen atoms in total. The molecule has 1 unspecified atom stereocenters. The highest BCUT2D eigenvalue weighted by Gasteiger charge is 2.36. The largest absolute Gasteiger partial charge is 0.309 e. The number of aryl methyl sites for hydroxylation is 1. The predicted octanol–water partition coefficient (Wildman–Crippen LogP) is 2.47. The summed E-state index contributed by atoms with van der Waals surface area (Å²) in [5, 5.41) is 7.40. The van der Waals surface area contributed by atoms with Crippen LogP contribution in [-0.4, -0.2) is 21.6 Å². The van der Waals surface area contributed by atoms with Crippen LogP contribution in [0.2, 0.25) is 5.02 Å².